The summed E-state index contributed by atoms with van der Waals surface area (Å²) >= 11 is 0. The molecule has 0 saturated carbocycles. The molecule has 0 N–H and O–H groups in total. The molecular formula is C9H19Zn-. The van der Waals surface area contributed by atoms with Crippen LogP contribution in [0.3, 0.4) is 0 Å². The van der Waals surface area contributed by atoms with Crippen molar-refractivity contribution in [2.24, 2.45) is 5.92 Å². The first-order chi connectivity index (χ1) is 4.27. The van der Waals surface area contributed by atoms with Crippen molar-refractivity contribution in [3.05, 3.63) is 6.42 Å². The van der Waals surface area contributed by atoms with Crippen LogP contribution in [0, 0.1) is 12.3 Å². The van der Waals surface area contributed by atoms with E-state index < -0.39 is 0 Å². The fourth-order valence-corrected chi connectivity index (χ4v) is 0.875. The van der Waals surface area contributed by atoms with Gasteiger partial charge in [0, 0.05) is 19.5 Å². The maximum Gasteiger partial charge on any atom is 0 e. The zero-order valence-electron chi connectivity index (χ0n) is 7.69. The molecular weight excluding hydrogens is 173 g/mol. The third kappa shape index (κ3) is 11.4. The van der Waals surface area contributed by atoms with E-state index in [0.29, 0.717) is 0 Å². The van der Waals surface area contributed by atoms with Gasteiger partial charge in [0.15, 0.2) is 0 Å². The maximum atomic E-state index is 2.36. The van der Waals surface area contributed by atoms with Crippen LogP contribution in [0.4, 0.5) is 0 Å². The summed E-state index contributed by atoms with van der Waals surface area (Å²) in [4.78, 5) is 0. The molecule has 1 heteroatoms. The summed E-state index contributed by atoms with van der Waals surface area (Å²) in [5, 5.41) is 0. The Balaban J connectivity index is 0. The molecule has 0 aromatic heterocycles. The molecule has 10 heavy (non-hydrogen) atoms. The van der Waals surface area contributed by atoms with Gasteiger partial charge in [0.1, 0.15) is 0 Å². The number of hydrogen-bond donors (Lipinski definition) is 0. The minimum atomic E-state index is 0. The first-order valence-electron chi connectivity index (χ1n) is 4.09. The minimum Gasteiger partial charge on any atom is -0.329 e. The number of hydrogen-bond acceptors (Lipinski definition) is 0. The van der Waals surface area contributed by atoms with Gasteiger partial charge in [0.2, 0.25) is 0 Å². The Morgan fingerprint density at radius 2 is 1.90 bits per heavy atom. The fraction of sp³-hybridized carbons (Fsp3) is 0.889. The van der Waals surface area contributed by atoms with Gasteiger partial charge in [-0.1, -0.05) is 33.6 Å². The summed E-state index contributed by atoms with van der Waals surface area (Å²) in [6, 6.07) is 0. The predicted octanol–water partition coefficient (Wildman–Crippen LogP) is 3.42. The molecule has 0 saturated heterocycles. The van der Waals surface area contributed by atoms with Gasteiger partial charge in [0.25, 0.3) is 0 Å². The molecule has 0 aliphatic heterocycles. The molecule has 0 unspecified atom stereocenters. The van der Waals surface area contributed by atoms with Gasteiger partial charge < -0.3 is 6.42 Å². The van der Waals surface area contributed by atoms with E-state index in [2.05, 4.69) is 27.2 Å². The topological polar surface area (TPSA) is 0 Å². The SMILES string of the molecule is CC[CH-]CCCC(C)C.[Zn]. The molecule has 0 aliphatic rings. The summed E-state index contributed by atoms with van der Waals surface area (Å²) in [5.41, 5.74) is 0. The van der Waals surface area contributed by atoms with Crippen molar-refractivity contribution in [1.82, 2.24) is 0 Å². The van der Waals surface area contributed by atoms with Gasteiger partial charge in [-0.3, -0.25) is 0 Å². The Kier molecular flexibility index (Phi) is 12.7. The second-order valence-corrected chi connectivity index (χ2v) is 3.02. The van der Waals surface area contributed by atoms with Gasteiger partial charge in [-0.2, -0.15) is 12.8 Å². The molecule has 58 valence electrons. The van der Waals surface area contributed by atoms with Crippen molar-refractivity contribution in [2.45, 2.75) is 46.5 Å². The molecule has 0 amide bonds. The third-order valence-electron chi connectivity index (χ3n) is 1.48. The van der Waals surface area contributed by atoms with Crippen LogP contribution in [-0.2, 0) is 19.5 Å². The zero-order valence-corrected chi connectivity index (χ0v) is 10.7. The molecule has 0 spiro atoms. The largest absolute Gasteiger partial charge is 0.329 e. The van der Waals surface area contributed by atoms with Crippen molar-refractivity contribution >= 4 is 0 Å². The number of unbranched alkanes of at least 4 members (excludes halogenated alkanes) is 3. The van der Waals surface area contributed by atoms with Crippen molar-refractivity contribution < 1.29 is 19.5 Å². The molecule has 0 aliphatic carbocycles. The second kappa shape index (κ2) is 9.62. The molecule has 0 radical (unpaired) electrons. The van der Waals surface area contributed by atoms with Gasteiger partial charge in [-0.15, -0.1) is 0 Å². The molecule has 0 rings (SSSR count). The Morgan fingerprint density at radius 3 is 2.30 bits per heavy atom. The first-order valence-corrected chi connectivity index (χ1v) is 4.09. The zero-order chi connectivity index (χ0) is 7.11. The van der Waals surface area contributed by atoms with Crippen molar-refractivity contribution in [3.8, 4) is 0 Å². The van der Waals surface area contributed by atoms with E-state index in [1.165, 1.54) is 25.7 Å². The van der Waals surface area contributed by atoms with E-state index in [4.69, 9.17) is 0 Å². The average molecular weight is 193 g/mol. The average Bonchev–Trinajstić information content (AvgIpc) is 1.80. The molecule has 0 aromatic rings. The Morgan fingerprint density at radius 1 is 1.30 bits per heavy atom. The summed E-state index contributed by atoms with van der Waals surface area (Å²) < 4.78 is 0. The Labute approximate surface area is 78.5 Å². The summed E-state index contributed by atoms with van der Waals surface area (Å²) in [6.45, 7) is 6.77. The summed E-state index contributed by atoms with van der Waals surface area (Å²) in [6.07, 6.45) is 7.68. The van der Waals surface area contributed by atoms with Gasteiger partial charge >= 0.3 is 0 Å². The van der Waals surface area contributed by atoms with Crippen LogP contribution in [0.25, 0.3) is 0 Å². The standard InChI is InChI=1S/C9H19.Zn/c1-4-5-6-7-8-9(2)3;/h5,9H,4,6-8H2,1-3H3;/q-1;. The Bertz CT molecular complexity index is 50.7. The van der Waals surface area contributed by atoms with E-state index >= 15 is 0 Å². The smallest absolute Gasteiger partial charge is 0 e. The van der Waals surface area contributed by atoms with E-state index in [-0.39, 0.29) is 19.5 Å². The third-order valence-corrected chi connectivity index (χ3v) is 1.48. The van der Waals surface area contributed by atoms with Crippen LogP contribution in [-0.4, -0.2) is 0 Å². The molecule has 0 nitrogen and oxygen atoms in total. The first kappa shape index (κ1) is 13.2. The van der Waals surface area contributed by atoms with E-state index in [1.807, 2.05) is 0 Å². The van der Waals surface area contributed by atoms with Crippen LogP contribution >= 0.6 is 0 Å². The molecule has 0 bridgehead atoms. The van der Waals surface area contributed by atoms with Crippen molar-refractivity contribution in [3.63, 3.8) is 0 Å². The maximum absolute atomic E-state index is 2.36. The number of rotatable bonds is 5. The van der Waals surface area contributed by atoms with Gasteiger partial charge in [0.05, 0.1) is 0 Å². The van der Waals surface area contributed by atoms with Crippen LogP contribution in [0.15, 0.2) is 0 Å². The van der Waals surface area contributed by atoms with Crippen molar-refractivity contribution in [1.29, 1.82) is 0 Å². The summed E-state index contributed by atoms with van der Waals surface area (Å²) in [5.74, 6) is 0.884. The fourth-order valence-electron chi connectivity index (χ4n) is 0.875. The normalized spacial score (nSPS) is 9.60. The minimum absolute atomic E-state index is 0. The van der Waals surface area contributed by atoms with E-state index in [1.54, 1.807) is 0 Å². The molecule has 0 heterocycles. The van der Waals surface area contributed by atoms with Gasteiger partial charge in [-0.25, -0.2) is 0 Å². The molecule has 0 fully saturated rings. The van der Waals surface area contributed by atoms with Crippen LogP contribution in [0.5, 0.6) is 0 Å². The second-order valence-electron chi connectivity index (χ2n) is 3.02. The van der Waals surface area contributed by atoms with Crippen molar-refractivity contribution in [2.75, 3.05) is 0 Å². The van der Waals surface area contributed by atoms with E-state index in [9.17, 15) is 0 Å². The van der Waals surface area contributed by atoms with Crippen LogP contribution in [0.1, 0.15) is 46.5 Å². The van der Waals surface area contributed by atoms with Crippen LogP contribution in [0.2, 0.25) is 0 Å². The van der Waals surface area contributed by atoms with E-state index in [0.717, 1.165) is 5.92 Å². The Hall–Kier alpha value is 0.623. The molecule has 0 atom stereocenters. The molecule has 0 aromatic carbocycles. The van der Waals surface area contributed by atoms with Crippen LogP contribution < -0.4 is 0 Å². The van der Waals surface area contributed by atoms with Gasteiger partial charge in [-0.05, 0) is 5.92 Å². The quantitative estimate of drug-likeness (QED) is 0.356. The summed E-state index contributed by atoms with van der Waals surface area (Å²) in [7, 11) is 0. The predicted molar refractivity (Wildman–Crippen MR) is 43.3 cm³/mol. The monoisotopic (exact) mass is 191 g/mol.